The Morgan fingerprint density at radius 3 is 3.12 bits per heavy atom. The minimum atomic E-state index is 0.164. The molecule has 1 aromatic rings. The van der Waals surface area contributed by atoms with Crippen molar-refractivity contribution in [2.45, 2.75) is 18.3 Å². The van der Waals surface area contributed by atoms with Crippen molar-refractivity contribution in [1.82, 2.24) is 0 Å². The Hall–Kier alpha value is -1.22. The van der Waals surface area contributed by atoms with Gasteiger partial charge >= 0.3 is 0 Å². The second kappa shape index (κ2) is 3.39. The van der Waals surface area contributed by atoms with Crippen LogP contribution in [0.3, 0.4) is 0 Å². The van der Waals surface area contributed by atoms with Gasteiger partial charge in [0.15, 0.2) is 0 Å². The quantitative estimate of drug-likeness (QED) is 0.825. The summed E-state index contributed by atoms with van der Waals surface area (Å²) in [6, 6.07) is 5.96. The largest absolute Gasteiger partial charge is 0.497 e. The predicted octanol–water partition coefficient (Wildman–Crippen LogP) is 1.73. The van der Waals surface area contributed by atoms with Gasteiger partial charge in [0, 0.05) is 17.6 Å². The summed E-state index contributed by atoms with van der Waals surface area (Å²) in [5.74, 6) is 2.23. The zero-order chi connectivity index (χ0) is 11.2. The van der Waals surface area contributed by atoms with Crippen molar-refractivity contribution in [2.75, 3.05) is 20.3 Å². The fourth-order valence-electron chi connectivity index (χ4n) is 2.88. The Balaban J connectivity index is 2.04. The fourth-order valence-corrected chi connectivity index (χ4v) is 2.88. The van der Waals surface area contributed by atoms with Crippen LogP contribution in [-0.4, -0.2) is 25.4 Å². The second-order valence-electron chi connectivity index (χ2n) is 4.70. The molecule has 0 bridgehead atoms. The number of rotatable bonds is 2. The molecule has 0 saturated heterocycles. The highest BCUT2D eigenvalue weighted by molar-refractivity contribution is 5.50. The molecule has 1 N–H and O–H groups in total. The van der Waals surface area contributed by atoms with Crippen LogP contribution in [0.1, 0.15) is 18.4 Å². The molecule has 3 rings (SSSR count). The van der Waals surface area contributed by atoms with E-state index >= 15 is 0 Å². The molecule has 2 atom stereocenters. The van der Waals surface area contributed by atoms with Gasteiger partial charge in [-0.3, -0.25) is 0 Å². The van der Waals surface area contributed by atoms with Crippen LogP contribution in [0.2, 0.25) is 0 Å². The fraction of sp³-hybridized carbons (Fsp3) is 0.538. The smallest absolute Gasteiger partial charge is 0.123 e. The number of fused-ring (bicyclic) bond motifs is 2. The minimum absolute atomic E-state index is 0.164. The van der Waals surface area contributed by atoms with Gasteiger partial charge in [0.2, 0.25) is 0 Å². The average molecular weight is 220 g/mol. The lowest BCUT2D eigenvalue weighted by molar-refractivity contribution is 0.224. The second-order valence-corrected chi connectivity index (χ2v) is 4.70. The molecule has 1 heterocycles. The van der Waals surface area contributed by atoms with Gasteiger partial charge in [-0.05, 0) is 37.0 Å². The van der Waals surface area contributed by atoms with Gasteiger partial charge in [-0.25, -0.2) is 0 Å². The molecule has 1 fully saturated rings. The SMILES string of the molecule is COc1ccc2c(c1)[C@@]1(CCO2)C[C@@H]1CO. The topological polar surface area (TPSA) is 38.7 Å². The zero-order valence-corrected chi connectivity index (χ0v) is 9.40. The lowest BCUT2D eigenvalue weighted by atomic mass is 9.87. The molecule has 0 radical (unpaired) electrons. The Morgan fingerprint density at radius 2 is 2.44 bits per heavy atom. The molecule has 2 aliphatic rings. The average Bonchev–Trinajstić information content (AvgIpc) is 3.04. The molecule has 1 spiro atoms. The summed E-state index contributed by atoms with van der Waals surface area (Å²) in [6.07, 6.45) is 2.09. The Bertz CT molecular complexity index is 416. The maximum Gasteiger partial charge on any atom is 0.123 e. The van der Waals surface area contributed by atoms with Crippen molar-refractivity contribution in [1.29, 1.82) is 0 Å². The van der Waals surface area contributed by atoms with Crippen LogP contribution in [0.4, 0.5) is 0 Å². The van der Waals surface area contributed by atoms with Gasteiger partial charge in [0.25, 0.3) is 0 Å². The Kier molecular flexibility index (Phi) is 2.11. The van der Waals surface area contributed by atoms with Crippen molar-refractivity contribution >= 4 is 0 Å². The van der Waals surface area contributed by atoms with E-state index in [0.29, 0.717) is 5.92 Å². The molecule has 3 heteroatoms. The maximum atomic E-state index is 9.30. The van der Waals surface area contributed by atoms with Gasteiger partial charge < -0.3 is 14.6 Å². The zero-order valence-electron chi connectivity index (χ0n) is 9.40. The van der Waals surface area contributed by atoms with Gasteiger partial charge in [-0.2, -0.15) is 0 Å². The van der Waals surface area contributed by atoms with E-state index in [0.717, 1.165) is 30.9 Å². The summed E-state index contributed by atoms with van der Waals surface area (Å²) in [5, 5.41) is 9.30. The summed E-state index contributed by atoms with van der Waals surface area (Å²) in [6.45, 7) is 1.03. The first-order valence-corrected chi connectivity index (χ1v) is 5.72. The third-order valence-corrected chi connectivity index (χ3v) is 3.98. The summed E-state index contributed by atoms with van der Waals surface area (Å²) >= 11 is 0. The van der Waals surface area contributed by atoms with Crippen molar-refractivity contribution < 1.29 is 14.6 Å². The highest BCUT2D eigenvalue weighted by atomic mass is 16.5. The van der Waals surface area contributed by atoms with Crippen LogP contribution in [0.25, 0.3) is 0 Å². The number of aliphatic hydroxyl groups excluding tert-OH is 1. The van der Waals surface area contributed by atoms with Gasteiger partial charge in [-0.1, -0.05) is 0 Å². The van der Waals surface area contributed by atoms with Gasteiger partial charge in [0.1, 0.15) is 11.5 Å². The van der Waals surface area contributed by atoms with E-state index in [4.69, 9.17) is 9.47 Å². The maximum absolute atomic E-state index is 9.30. The molecule has 0 unspecified atom stereocenters. The van der Waals surface area contributed by atoms with Crippen molar-refractivity contribution in [3.63, 3.8) is 0 Å². The third kappa shape index (κ3) is 1.24. The Morgan fingerprint density at radius 1 is 1.56 bits per heavy atom. The van der Waals surface area contributed by atoms with E-state index in [9.17, 15) is 5.11 Å². The number of methoxy groups -OCH3 is 1. The minimum Gasteiger partial charge on any atom is -0.497 e. The molecule has 3 nitrogen and oxygen atoms in total. The number of aliphatic hydroxyl groups is 1. The van der Waals surface area contributed by atoms with Crippen molar-refractivity contribution in [2.24, 2.45) is 5.92 Å². The molecule has 86 valence electrons. The lowest BCUT2D eigenvalue weighted by Gasteiger charge is -2.27. The van der Waals surface area contributed by atoms with Crippen LogP contribution in [0, 0.1) is 5.92 Å². The molecular formula is C13H16O3. The first-order chi connectivity index (χ1) is 7.80. The van der Waals surface area contributed by atoms with E-state index in [1.54, 1.807) is 7.11 Å². The molecule has 0 aromatic heterocycles. The first-order valence-electron chi connectivity index (χ1n) is 5.72. The predicted molar refractivity (Wildman–Crippen MR) is 60.0 cm³/mol. The standard InChI is InChI=1S/C13H16O3/c1-15-10-2-3-12-11(6-10)13(4-5-16-12)7-9(13)8-14/h2-3,6,9,14H,4-5,7-8H2,1H3/t9-,13+/m1/s1. The molecular weight excluding hydrogens is 204 g/mol. The monoisotopic (exact) mass is 220 g/mol. The van der Waals surface area contributed by atoms with E-state index in [1.165, 1.54) is 5.56 Å². The highest BCUT2D eigenvalue weighted by Gasteiger charge is 2.57. The highest BCUT2D eigenvalue weighted by Crippen LogP contribution is 2.60. The van der Waals surface area contributed by atoms with E-state index in [-0.39, 0.29) is 12.0 Å². The third-order valence-electron chi connectivity index (χ3n) is 3.98. The summed E-state index contributed by atoms with van der Waals surface area (Å²) in [5.41, 5.74) is 1.38. The molecule has 0 amide bonds. The van der Waals surface area contributed by atoms with Crippen LogP contribution >= 0.6 is 0 Å². The van der Waals surface area contributed by atoms with Crippen LogP contribution in [0.15, 0.2) is 18.2 Å². The first kappa shape index (κ1) is 9.97. The van der Waals surface area contributed by atoms with Gasteiger partial charge in [-0.15, -0.1) is 0 Å². The summed E-state index contributed by atoms with van der Waals surface area (Å²) < 4.78 is 10.9. The number of hydrogen-bond donors (Lipinski definition) is 1. The van der Waals surface area contributed by atoms with Crippen LogP contribution in [0.5, 0.6) is 11.5 Å². The molecule has 1 aromatic carbocycles. The van der Waals surface area contributed by atoms with Crippen LogP contribution < -0.4 is 9.47 Å². The number of hydrogen-bond acceptors (Lipinski definition) is 3. The van der Waals surface area contributed by atoms with E-state index < -0.39 is 0 Å². The molecule has 1 saturated carbocycles. The number of ether oxygens (including phenoxy) is 2. The molecule has 1 aliphatic heterocycles. The summed E-state index contributed by atoms with van der Waals surface area (Å²) in [7, 11) is 1.68. The normalized spacial score (nSPS) is 30.8. The number of benzene rings is 1. The van der Waals surface area contributed by atoms with Crippen LogP contribution in [-0.2, 0) is 5.41 Å². The van der Waals surface area contributed by atoms with Crippen molar-refractivity contribution in [3.05, 3.63) is 23.8 Å². The summed E-state index contributed by atoms with van der Waals surface area (Å²) in [4.78, 5) is 0. The lowest BCUT2D eigenvalue weighted by Crippen LogP contribution is -2.22. The molecule has 1 aliphatic carbocycles. The van der Waals surface area contributed by atoms with Crippen molar-refractivity contribution in [3.8, 4) is 11.5 Å². The Labute approximate surface area is 95.0 Å². The van der Waals surface area contributed by atoms with E-state index in [1.807, 2.05) is 12.1 Å². The van der Waals surface area contributed by atoms with Gasteiger partial charge in [0.05, 0.1) is 13.7 Å². The van der Waals surface area contributed by atoms with E-state index in [2.05, 4.69) is 6.07 Å². The molecule has 16 heavy (non-hydrogen) atoms.